The van der Waals surface area contributed by atoms with E-state index in [2.05, 4.69) is 10.2 Å². The van der Waals surface area contributed by atoms with Crippen molar-refractivity contribution in [1.82, 2.24) is 9.80 Å². The first-order chi connectivity index (χ1) is 10.7. The molecule has 2 amide bonds. The predicted octanol–water partition coefficient (Wildman–Crippen LogP) is -1.21. The zero-order valence-corrected chi connectivity index (χ0v) is 14.1. The molecule has 2 rings (SSSR count). The Morgan fingerprint density at radius 3 is 2.39 bits per heavy atom. The van der Waals surface area contributed by atoms with Crippen LogP contribution in [0.5, 0.6) is 0 Å². The number of benzene rings is 1. The van der Waals surface area contributed by atoms with Gasteiger partial charge in [0, 0.05) is 44.8 Å². The zero-order chi connectivity index (χ0) is 15.8. The normalized spacial score (nSPS) is 14.7. The van der Waals surface area contributed by atoms with Gasteiger partial charge in [-0.05, 0) is 19.1 Å². The first-order valence-corrected chi connectivity index (χ1v) is 7.68. The lowest BCUT2D eigenvalue weighted by Crippen LogP contribution is -3.00. The molecule has 0 spiro atoms. The molecule has 7 heteroatoms. The fraction of sp³-hybridized carbons (Fsp3) is 0.500. The molecule has 1 N–H and O–H groups in total. The molecule has 0 atom stereocenters. The van der Waals surface area contributed by atoms with Crippen molar-refractivity contribution in [2.75, 3.05) is 44.6 Å². The summed E-state index contributed by atoms with van der Waals surface area (Å²) in [7, 11) is 0. The minimum atomic E-state index is -0.246. The first kappa shape index (κ1) is 19.3. The monoisotopic (exact) mass is 340 g/mol. The van der Waals surface area contributed by atoms with E-state index in [0.717, 1.165) is 18.8 Å². The van der Waals surface area contributed by atoms with Crippen molar-refractivity contribution in [3.05, 3.63) is 30.3 Å². The number of hydrogen-bond donors (Lipinski definition) is 1. The van der Waals surface area contributed by atoms with Crippen LogP contribution in [0, 0.1) is 0 Å². The first-order valence-electron chi connectivity index (χ1n) is 7.68. The van der Waals surface area contributed by atoms with Crippen molar-refractivity contribution >= 4 is 17.7 Å². The second-order valence-electron chi connectivity index (χ2n) is 5.19. The second-order valence-corrected chi connectivity index (χ2v) is 5.19. The Morgan fingerprint density at radius 2 is 1.78 bits per heavy atom. The molecule has 23 heavy (non-hydrogen) atoms. The lowest BCUT2D eigenvalue weighted by atomic mass is 10.2. The molecule has 0 unspecified atom stereocenters. The van der Waals surface area contributed by atoms with E-state index in [1.54, 1.807) is 11.8 Å². The maximum Gasteiger partial charge on any atom is 0.409 e. The van der Waals surface area contributed by atoms with Crippen molar-refractivity contribution in [3.8, 4) is 0 Å². The summed E-state index contributed by atoms with van der Waals surface area (Å²) in [6, 6.07) is 9.44. The summed E-state index contributed by atoms with van der Waals surface area (Å²) in [5.41, 5.74) is 0.819. The van der Waals surface area contributed by atoms with Gasteiger partial charge in [-0.1, -0.05) is 18.2 Å². The molecule has 1 fully saturated rings. The van der Waals surface area contributed by atoms with Crippen LogP contribution in [0.25, 0.3) is 0 Å². The lowest BCUT2D eigenvalue weighted by molar-refractivity contribution is -0.116. The summed E-state index contributed by atoms with van der Waals surface area (Å²) in [5, 5.41) is 2.88. The van der Waals surface area contributed by atoms with Gasteiger partial charge in [0.05, 0.1) is 6.61 Å². The van der Waals surface area contributed by atoms with Crippen LogP contribution in [0.4, 0.5) is 10.5 Å². The highest BCUT2D eigenvalue weighted by Crippen LogP contribution is 2.07. The highest BCUT2D eigenvalue weighted by atomic mass is 35.5. The molecule has 0 radical (unpaired) electrons. The minimum Gasteiger partial charge on any atom is -1.00 e. The molecule has 1 aliphatic rings. The van der Waals surface area contributed by atoms with Crippen LogP contribution in [0.2, 0.25) is 0 Å². The molecule has 0 saturated carbocycles. The van der Waals surface area contributed by atoms with Gasteiger partial charge < -0.3 is 27.4 Å². The van der Waals surface area contributed by atoms with Gasteiger partial charge in [0.1, 0.15) is 0 Å². The number of anilines is 1. The largest absolute Gasteiger partial charge is 1.00 e. The van der Waals surface area contributed by atoms with Gasteiger partial charge in [0.15, 0.2) is 0 Å². The van der Waals surface area contributed by atoms with Gasteiger partial charge in [-0.3, -0.25) is 9.69 Å². The molecule has 1 saturated heterocycles. The highest BCUT2D eigenvalue weighted by molar-refractivity contribution is 5.90. The van der Waals surface area contributed by atoms with Crippen LogP contribution in [-0.2, 0) is 9.53 Å². The summed E-state index contributed by atoms with van der Waals surface area (Å²) < 4.78 is 4.99. The zero-order valence-electron chi connectivity index (χ0n) is 13.3. The van der Waals surface area contributed by atoms with Crippen molar-refractivity contribution in [1.29, 1.82) is 0 Å². The van der Waals surface area contributed by atoms with Gasteiger partial charge >= 0.3 is 6.09 Å². The number of carbonyl (C=O) groups is 2. The van der Waals surface area contributed by atoms with Gasteiger partial charge in [0.25, 0.3) is 0 Å². The Morgan fingerprint density at radius 1 is 1.13 bits per heavy atom. The van der Waals surface area contributed by atoms with Crippen LogP contribution < -0.4 is 17.7 Å². The van der Waals surface area contributed by atoms with Crippen molar-refractivity contribution in [2.24, 2.45) is 0 Å². The van der Waals surface area contributed by atoms with Crippen molar-refractivity contribution in [3.63, 3.8) is 0 Å². The van der Waals surface area contributed by atoms with Gasteiger partial charge in [0.2, 0.25) is 5.91 Å². The van der Waals surface area contributed by atoms with Crippen LogP contribution >= 0.6 is 0 Å². The van der Waals surface area contributed by atoms with Gasteiger partial charge in [-0.25, -0.2) is 4.79 Å². The Kier molecular flexibility index (Phi) is 8.43. The highest BCUT2D eigenvalue weighted by Gasteiger charge is 2.21. The van der Waals surface area contributed by atoms with Crippen LogP contribution in [0.3, 0.4) is 0 Å². The molecule has 0 aromatic heterocycles. The van der Waals surface area contributed by atoms with Gasteiger partial charge in [-0.2, -0.15) is 0 Å². The fourth-order valence-corrected chi connectivity index (χ4v) is 2.37. The number of ether oxygens (including phenoxy) is 1. The molecule has 0 aliphatic carbocycles. The maximum absolute atomic E-state index is 11.9. The molecular weight excluding hydrogens is 318 g/mol. The smallest absolute Gasteiger partial charge is 0.409 e. The number of nitrogens with one attached hydrogen (secondary N) is 1. The SMILES string of the molecule is CCOC(=O)N1CCN(CCC(=O)Nc2ccccc2)CC1.[Cl-]. The fourth-order valence-electron chi connectivity index (χ4n) is 2.37. The topological polar surface area (TPSA) is 61.9 Å². The number of nitrogens with zero attached hydrogens (tertiary/aromatic N) is 2. The molecule has 1 aromatic carbocycles. The third-order valence-electron chi connectivity index (χ3n) is 3.61. The van der Waals surface area contributed by atoms with E-state index in [4.69, 9.17) is 4.74 Å². The number of para-hydroxylation sites is 1. The van der Waals surface area contributed by atoms with E-state index in [-0.39, 0.29) is 24.4 Å². The van der Waals surface area contributed by atoms with E-state index in [9.17, 15) is 9.59 Å². The van der Waals surface area contributed by atoms with Crippen LogP contribution in [-0.4, -0.2) is 61.1 Å². The Bertz CT molecular complexity index is 491. The Balaban J connectivity index is 0.00000264. The molecule has 128 valence electrons. The summed E-state index contributed by atoms with van der Waals surface area (Å²) in [6.45, 7) is 5.76. The number of hydrogen-bond acceptors (Lipinski definition) is 4. The van der Waals surface area contributed by atoms with Crippen LogP contribution in [0.1, 0.15) is 13.3 Å². The molecule has 1 aromatic rings. The molecule has 0 bridgehead atoms. The average Bonchev–Trinajstić information content (AvgIpc) is 2.54. The summed E-state index contributed by atoms with van der Waals surface area (Å²) in [4.78, 5) is 27.4. The van der Waals surface area contributed by atoms with E-state index in [1.165, 1.54) is 0 Å². The Labute approximate surface area is 143 Å². The number of rotatable bonds is 5. The lowest BCUT2D eigenvalue weighted by Gasteiger charge is -2.33. The number of piperazine rings is 1. The second kappa shape index (κ2) is 10.1. The number of carbonyl (C=O) groups excluding carboxylic acids is 2. The van der Waals surface area contributed by atoms with E-state index >= 15 is 0 Å². The molecule has 1 heterocycles. The molecular formula is C16H23ClN3O3-. The summed E-state index contributed by atoms with van der Waals surface area (Å²) >= 11 is 0. The number of amides is 2. The molecule has 1 aliphatic heterocycles. The molecule has 6 nitrogen and oxygen atoms in total. The quantitative estimate of drug-likeness (QED) is 0.731. The van der Waals surface area contributed by atoms with Crippen LogP contribution in [0.15, 0.2) is 30.3 Å². The summed E-state index contributed by atoms with van der Waals surface area (Å²) in [6.07, 6.45) is 0.206. The predicted molar refractivity (Wildman–Crippen MR) is 84.7 cm³/mol. The van der Waals surface area contributed by atoms with E-state index < -0.39 is 0 Å². The van der Waals surface area contributed by atoms with E-state index in [1.807, 2.05) is 30.3 Å². The number of halogens is 1. The maximum atomic E-state index is 11.9. The average molecular weight is 341 g/mol. The van der Waals surface area contributed by atoms with Gasteiger partial charge in [-0.15, -0.1) is 0 Å². The third-order valence-corrected chi connectivity index (χ3v) is 3.61. The van der Waals surface area contributed by atoms with Crippen molar-refractivity contribution < 1.29 is 26.7 Å². The van der Waals surface area contributed by atoms with Crippen molar-refractivity contribution in [2.45, 2.75) is 13.3 Å². The minimum absolute atomic E-state index is 0. The standard InChI is InChI=1S/C16H23N3O3.ClH/c1-2-22-16(21)19-12-10-18(11-13-19)9-8-15(20)17-14-6-4-3-5-7-14;/h3-7H,2,8-13H2,1H3,(H,17,20);1H/p-1. The Hall–Kier alpha value is -1.79. The summed E-state index contributed by atoms with van der Waals surface area (Å²) in [5.74, 6) is 0.0130. The third kappa shape index (κ3) is 6.46. The van der Waals surface area contributed by atoms with E-state index in [0.29, 0.717) is 32.7 Å².